The molecule has 0 aromatic heterocycles. The molecule has 0 spiro atoms. The van der Waals surface area contributed by atoms with E-state index in [0.29, 0.717) is 15.7 Å². The first-order chi connectivity index (χ1) is 6.49. The molecule has 0 radical (unpaired) electrons. The highest BCUT2D eigenvalue weighted by Gasteiger charge is 2.07. The highest BCUT2D eigenvalue weighted by molar-refractivity contribution is 6.35. The molecule has 1 aromatic carbocycles. The first kappa shape index (κ1) is 11.3. The third kappa shape index (κ3) is 3.18. The van der Waals surface area contributed by atoms with Gasteiger partial charge in [-0.3, -0.25) is 4.79 Å². The Hall–Kier alpha value is -0.770. The number of hydrogen-bond acceptors (Lipinski definition) is 2. The van der Waals surface area contributed by atoms with Crippen LogP contribution < -0.4 is 11.1 Å². The van der Waals surface area contributed by atoms with Crippen LogP contribution in [-0.2, 0) is 4.79 Å². The van der Waals surface area contributed by atoms with Gasteiger partial charge >= 0.3 is 0 Å². The number of benzene rings is 1. The molecule has 3 N–H and O–H groups in total. The fraction of sp³-hybridized carbons (Fsp3) is 0.222. The van der Waals surface area contributed by atoms with Crippen molar-refractivity contribution in [3.05, 3.63) is 28.2 Å². The van der Waals surface area contributed by atoms with Crippen molar-refractivity contribution in [3.8, 4) is 0 Å². The van der Waals surface area contributed by atoms with E-state index in [1.807, 2.05) is 0 Å². The van der Waals surface area contributed by atoms with E-state index in [0.717, 1.165) is 0 Å². The number of carbonyl (C=O) groups is 1. The summed E-state index contributed by atoms with van der Waals surface area (Å²) in [5.41, 5.74) is 5.93. The molecule has 1 rings (SSSR count). The van der Waals surface area contributed by atoms with Gasteiger partial charge in [-0.05, 0) is 25.1 Å². The zero-order valence-corrected chi connectivity index (χ0v) is 9.06. The predicted octanol–water partition coefficient (Wildman–Crippen LogP) is 2.28. The third-order valence-corrected chi connectivity index (χ3v) is 1.98. The molecule has 1 amide bonds. The van der Waals surface area contributed by atoms with E-state index in [1.165, 1.54) is 0 Å². The second kappa shape index (κ2) is 4.64. The van der Waals surface area contributed by atoms with E-state index in [-0.39, 0.29) is 5.91 Å². The van der Waals surface area contributed by atoms with Crippen molar-refractivity contribution < 1.29 is 4.79 Å². The van der Waals surface area contributed by atoms with Gasteiger partial charge in [0.25, 0.3) is 0 Å². The number of carbonyl (C=O) groups excluding carboxylic acids is 1. The molecule has 3 nitrogen and oxygen atoms in total. The van der Waals surface area contributed by atoms with E-state index in [9.17, 15) is 4.79 Å². The minimum atomic E-state index is -0.562. The van der Waals surface area contributed by atoms with E-state index >= 15 is 0 Å². The Balaban J connectivity index is 2.82. The van der Waals surface area contributed by atoms with Gasteiger partial charge < -0.3 is 11.1 Å². The van der Waals surface area contributed by atoms with Crippen LogP contribution in [0.25, 0.3) is 0 Å². The molecule has 0 aliphatic heterocycles. The molecule has 0 bridgehead atoms. The Morgan fingerprint density at radius 3 is 2.29 bits per heavy atom. The Morgan fingerprint density at radius 2 is 1.86 bits per heavy atom. The molecule has 1 unspecified atom stereocenters. The largest absolute Gasteiger partial charge is 0.325 e. The molecule has 5 heteroatoms. The monoisotopic (exact) mass is 232 g/mol. The average molecular weight is 233 g/mol. The lowest BCUT2D eigenvalue weighted by atomic mass is 10.3. The molecule has 0 saturated carbocycles. The minimum absolute atomic E-state index is 0.275. The topological polar surface area (TPSA) is 55.1 Å². The molecule has 1 atom stereocenters. The number of anilines is 1. The Labute approximate surface area is 92.2 Å². The Bertz CT molecular complexity index is 332. The second-order valence-electron chi connectivity index (χ2n) is 2.94. The lowest BCUT2D eigenvalue weighted by molar-refractivity contribution is -0.117. The van der Waals surface area contributed by atoms with Crippen molar-refractivity contribution in [1.82, 2.24) is 0 Å². The summed E-state index contributed by atoms with van der Waals surface area (Å²) in [5, 5.41) is 3.53. The van der Waals surface area contributed by atoms with Crippen LogP contribution in [0.4, 0.5) is 5.69 Å². The molecule has 0 saturated heterocycles. The van der Waals surface area contributed by atoms with Gasteiger partial charge in [0.2, 0.25) is 5.91 Å². The first-order valence-corrected chi connectivity index (χ1v) is 4.77. The van der Waals surface area contributed by atoms with Crippen molar-refractivity contribution in [2.75, 3.05) is 5.32 Å². The van der Waals surface area contributed by atoms with Crippen LogP contribution in [0.5, 0.6) is 0 Å². The standard InChI is InChI=1S/C9H10Cl2N2O/c1-5(12)9(14)13-8-3-6(10)2-7(11)4-8/h2-5H,12H2,1H3,(H,13,14). The average Bonchev–Trinajstić information content (AvgIpc) is 2.01. The number of nitrogens with one attached hydrogen (secondary N) is 1. The van der Waals surface area contributed by atoms with Crippen molar-refractivity contribution in [2.45, 2.75) is 13.0 Å². The maximum atomic E-state index is 11.2. The predicted molar refractivity (Wildman–Crippen MR) is 58.7 cm³/mol. The van der Waals surface area contributed by atoms with Gasteiger partial charge in [-0.2, -0.15) is 0 Å². The molecule has 76 valence electrons. The summed E-state index contributed by atoms with van der Waals surface area (Å²) in [4.78, 5) is 11.2. The molecule has 0 aliphatic carbocycles. The number of halogens is 2. The Kier molecular flexibility index (Phi) is 3.75. The van der Waals surface area contributed by atoms with Crippen molar-refractivity contribution in [1.29, 1.82) is 0 Å². The Morgan fingerprint density at radius 1 is 1.36 bits per heavy atom. The smallest absolute Gasteiger partial charge is 0.241 e. The van der Waals surface area contributed by atoms with Gasteiger partial charge in [0, 0.05) is 15.7 Å². The maximum Gasteiger partial charge on any atom is 0.241 e. The van der Waals surface area contributed by atoms with Crippen LogP contribution >= 0.6 is 23.2 Å². The molecule has 14 heavy (non-hydrogen) atoms. The van der Waals surface area contributed by atoms with E-state index in [4.69, 9.17) is 28.9 Å². The van der Waals surface area contributed by atoms with Gasteiger partial charge in [0.05, 0.1) is 6.04 Å². The summed E-state index contributed by atoms with van der Waals surface area (Å²) in [7, 11) is 0. The SMILES string of the molecule is CC(N)C(=O)Nc1cc(Cl)cc(Cl)c1. The third-order valence-electron chi connectivity index (χ3n) is 1.54. The van der Waals surface area contributed by atoms with Gasteiger partial charge in [-0.1, -0.05) is 23.2 Å². The lowest BCUT2D eigenvalue weighted by Crippen LogP contribution is -2.32. The molecular weight excluding hydrogens is 223 g/mol. The van der Waals surface area contributed by atoms with Gasteiger partial charge in [-0.15, -0.1) is 0 Å². The fourth-order valence-electron chi connectivity index (χ4n) is 0.882. The van der Waals surface area contributed by atoms with Crippen LogP contribution in [0, 0.1) is 0 Å². The zero-order valence-electron chi connectivity index (χ0n) is 7.55. The molecular formula is C9H10Cl2N2O. The van der Waals surface area contributed by atoms with Crippen LogP contribution in [0.2, 0.25) is 10.0 Å². The van der Waals surface area contributed by atoms with Crippen LogP contribution in [0.3, 0.4) is 0 Å². The van der Waals surface area contributed by atoms with Crippen LogP contribution in [-0.4, -0.2) is 11.9 Å². The van der Waals surface area contributed by atoms with Gasteiger partial charge in [0.1, 0.15) is 0 Å². The highest BCUT2D eigenvalue weighted by atomic mass is 35.5. The first-order valence-electron chi connectivity index (χ1n) is 4.01. The zero-order chi connectivity index (χ0) is 10.7. The summed E-state index contributed by atoms with van der Waals surface area (Å²) in [6.07, 6.45) is 0. The number of nitrogens with two attached hydrogens (primary N) is 1. The quantitative estimate of drug-likeness (QED) is 0.823. The summed E-state index contributed by atoms with van der Waals surface area (Å²) >= 11 is 11.5. The molecule has 0 fully saturated rings. The summed E-state index contributed by atoms with van der Waals surface area (Å²) in [6.45, 7) is 1.60. The number of rotatable bonds is 2. The van der Waals surface area contributed by atoms with Crippen LogP contribution in [0.15, 0.2) is 18.2 Å². The maximum absolute atomic E-state index is 11.2. The van der Waals surface area contributed by atoms with Crippen molar-refractivity contribution in [3.63, 3.8) is 0 Å². The molecule has 0 heterocycles. The summed E-state index contributed by atoms with van der Waals surface area (Å²) < 4.78 is 0. The fourth-order valence-corrected chi connectivity index (χ4v) is 1.41. The van der Waals surface area contributed by atoms with E-state index in [1.54, 1.807) is 25.1 Å². The highest BCUT2D eigenvalue weighted by Crippen LogP contribution is 2.22. The van der Waals surface area contributed by atoms with Crippen LogP contribution in [0.1, 0.15) is 6.92 Å². The minimum Gasteiger partial charge on any atom is -0.325 e. The van der Waals surface area contributed by atoms with Crippen molar-refractivity contribution >= 4 is 34.8 Å². The number of amides is 1. The van der Waals surface area contributed by atoms with Gasteiger partial charge in [0.15, 0.2) is 0 Å². The second-order valence-corrected chi connectivity index (χ2v) is 3.81. The summed E-state index contributed by atoms with van der Waals surface area (Å²) in [5.74, 6) is -0.275. The van der Waals surface area contributed by atoms with E-state index in [2.05, 4.69) is 5.32 Å². The molecule has 1 aromatic rings. The van der Waals surface area contributed by atoms with Crippen molar-refractivity contribution in [2.24, 2.45) is 5.73 Å². The molecule has 0 aliphatic rings. The summed E-state index contributed by atoms with van der Waals surface area (Å²) in [6, 6.07) is 4.24. The number of hydrogen-bond donors (Lipinski definition) is 2. The van der Waals surface area contributed by atoms with Gasteiger partial charge in [-0.25, -0.2) is 0 Å². The van der Waals surface area contributed by atoms with E-state index < -0.39 is 6.04 Å². The lowest BCUT2D eigenvalue weighted by Gasteiger charge is -2.08. The normalized spacial score (nSPS) is 12.3.